The summed E-state index contributed by atoms with van der Waals surface area (Å²) in [4.78, 5) is 39.0. The fraction of sp³-hybridized carbons (Fsp3) is 0.682. The van der Waals surface area contributed by atoms with Gasteiger partial charge in [0.2, 0.25) is 0 Å². The van der Waals surface area contributed by atoms with Gasteiger partial charge in [-0.15, -0.1) is 0 Å². The molecule has 9 nitrogen and oxygen atoms in total. The van der Waals surface area contributed by atoms with E-state index in [1.54, 1.807) is 0 Å². The van der Waals surface area contributed by atoms with Crippen LogP contribution in [0, 0.1) is 17.3 Å². The number of epoxide rings is 2. The SMILES string of the molecule is CC(=O)O[C@H]1C2=CO[C@H](C)[C@H]3C4C5=C([C@@H](O[C@H]4C)[C@@]23C(=O)[C@H]2O[C@@H]21)[C@H](O)[C@H]1O[C@@H]1C5=O. The molecular weight excluding hydrogens is 408 g/mol. The van der Waals surface area contributed by atoms with E-state index in [1.807, 2.05) is 13.8 Å². The van der Waals surface area contributed by atoms with Crippen molar-refractivity contribution in [2.75, 3.05) is 0 Å². The van der Waals surface area contributed by atoms with Crippen molar-refractivity contribution in [2.45, 2.75) is 75.7 Å². The Balaban J connectivity index is 1.48. The van der Waals surface area contributed by atoms with Crippen molar-refractivity contribution >= 4 is 17.5 Å². The van der Waals surface area contributed by atoms with Gasteiger partial charge in [-0.1, -0.05) is 0 Å². The predicted octanol–water partition coefficient (Wildman–Crippen LogP) is -0.402. The number of carbonyl (C=O) groups is 3. The van der Waals surface area contributed by atoms with Gasteiger partial charge in [-0.05, 0) is 19.4 Å². The van der Waals surface area contributed by atoms with Gasteiger partial charge >= 0.3 is 5.97 Å². The molecule has 9 heteroatoms. The summed E-state index contributed by atoms with van der Waals surface area (Å²) >= 11 is 0. The maximum absolute atomic E-state index is 13.9. The van der Waals surface area contributed by atoms with Crippen LogP contribution < -0.4 is 0 Å². The van der Waals surface area contributed by atoms with Gasteiger partial charge in [0.15, 0.2) is 17.7 Å². The maximum Gasteiger partial charge on any atom is 0.303 e. The summed E-state index contributed by atoms with van der Waals surface area (Å²) < 4.78 is 29.1. The number of hydrogen-bond acceptors (Lipinski definition) is 9. The standard InChI is InChI=1S/C22H22O9/c1-5-9-10-11(14(25)17-16(30-17)13(10)24)21(28-5)22-8(4-27-6(2)12(9)22)15(29-7(3)23)18-19(31-18)20(22)26/h4-6,9,12,14-19,21,25H,1-3H3/t5-,6+,9?,12-,14-,15-,16+,17+,18+,19-,21+,22-/m0/s1. The van der Waals surface area contributed by atoms with Gasteiger partial charge in [-0.25, -0.2) is 0 Å². The Morgan fingerprint density at radius 3 is 2.58 bits per heavy atom. The molecule has 164 valence electrons. The first-order valence-electron chi connectivity index (χ1n) is 10.8. The summed E-state index contributed by atoms with van der Waals surface area (Å²) in [5, 5.41) is 11.1. The van der Waals surface area contributed by atoms with Crippen molar-refractivity contribution in [1.29, 1.82) is 0 Å². The summed E-state index contributed by atoms with van der Waals surface area (Å²) in [6.45, 7) is 5.07. The fourth-order valence-electron chi connectivity index (χ4n) is 7.14. The minimum absolute atomic E-state index is 0.131. The molecule has 1 spiro atoms. The summed E-state index contributed by atoms with van der Waals surface area (Å²) in [7, 11) is 0. The van der Waals surface area contributed by atoms with Gasteiger partial charge in [0, 0.05) is 29.9 Å². The molecule has 3 saturated heterocycles. The molecule has 0 aromatic heterocycles. The Kier molecular flexibility index (Phi) is 3.26. The molecule has 5 aliphatic heterocycles. The zero-order valence-electron chi connectivity index (χ0n) is 17.1. The van der Waals surface area contributed by atoms with Gasteiger partial charge in [0.1, 0.15) is 30.5 Å². The van der Waals surface area contributed by atoms with Crippen molar-refractivity contribution in [3.63, 3.8) is 0 Å². The molecule has 0 amide bonds. The molecule has 4 fully saturated rings. The van der Waals surface area contributed by atoms with E-state index in [0.29, 0.717) is 16.7 Å². The van der Waals surface area contributed by atoms with Crippen molar-refractivity contribution < 1.29 is 43.2 Å². The molecule has 2 bridgehead atoms. The van der Waals surface area contributed by atoms with E-state index in [-0.39, 0.29) is 17.7 Å². The average molecular weight is 430 g/mol. The molecule has 0 radical (unpaired) electrons. The zero-order valence-corrected chi connectivity index (χ0v) is 17.1. The predicted molar refractivity (Wildman–Crippen MR) is 98.3 cm³/mol. The fourth-order valence-corrected chi connectivity index (χ4v) is 7.14. The molecule has 1 saturated carbocycles. The van der Waals surface area contributed by atoms with Crippen LogP contribution in [0.1, 0.15) is 20.8 Å². The Hall–Kier alpha value is -2.07. The Bertz CT molecular complexity index is 1030. The van der Waals surface area contributed by atoms with E-state index in [9.17, 15) is 19.5 Å². The zero-order chi connectivity index (χ0) is 21.6. The largest absolute Gasteiger partial charge is 0.498 e. The van der Waals surface area contributed by atoms with Crippen LogP contribution >= 0.6 is 0 Å². The molecule has 12 atom stereocenters. The third-order valence-electron chi connectivity index (χ3n) is 8.27. The van der Waals surface area contributed by atoms with Crippen LogP contribution in [0.15, 0.2) is 23.0 Å². The highest BCUT2D eigenvalue weighted by Gasteiger charge is 2.79. The second-order valence-electron chi connectivity index (χ2n) is 9.67. The van der Waals surface area contributed by atoms with Crippen LogP contribution in [0.3, 0.4) is 0 Å². The van der Waals surface area contributed by atoms with E-state index < -0.39 is 72.1 Å². The topological polar surface area (TPSA) is 124 Å². The number of fused-ring (bicyclic) bond motifs is 3. The van der Waals surface area contributed by atoms with Gasteiger partial charge in [0.05, 0.1) is 30.0 Å². The van der Waals surface area contributed by atoms with Crippen LogP contribution in [-0.4, -0.2) is 77.6 Å². The first kappa shape index (κ1) is 18.5. The van der Waals surface area contributed by atoms with Crippen LogP contribution in [0.2, 0.25) is 0 Å². The maximum atomic E-state index is 13.9. The van der Waals surface area contributed by atoms with Gasteiger partial charge in [-0.2, -0.15) is 0 Å². The normalized spacial score (nSPS) is 55.1. The molecule has 0 aromatic carbocycles. The molecule has 8 aliphatic rings. The first-order chi connectivity index (χ1) is 14.8. The minimum Gasteiger partial charge on any atom is -0.498 e. The van der Waals surface area contributed by atoms with Crippen molar-refractivity contribution in [3.05, 3.63) is 23.0 Å². The number of hydrogen-bond donors (Lipinski definition) is 1. The average Bonchev–Trinajstić information content (AvgIpc) is 3.62. The van der Waals surface area contributed by atoms with Gasteiger partial charge in [0.25, 0.3) is 0 Å². The lowest BCUT2D eigenvalue weighted by atomic mass is 9.45. The van der Waals surface area contributed by atoms with Crippen LogP contribution in [0.5, 0.6) is 0 Å². The van der Waals surface area contributed by atoms with Crippen molar-refractivity contribution in [2.24, 2.45) is 17.3 Å². The summed E-state index contributed by atoms with van der Waals surface area (Å²) in [6.07, 6.45) is -4.40. The second kappa shape index (κ2) is 5.46. The van der Waals surface area contributed by atoms with E-state index in [0.717, 1.165) is 0 Å². The number of esters is 1. The first-order valence-corrected chi connectivity index (χ1v) is 10.8. The quantitative estimate of drug-likeness (QED) is 0.437. The van der Waals surface area contributed by atoms with E-state index in [4.69, 9.17) is 23.7 Å². The van der Waals surface area contributed by atoms with Crippen molar-refractivity contribution in [1.82, 2.24) is 0 Å². The number of ketones is 2. The Labute approximate surface area is 177 Å². The van der Waals surface area contributed by atoms with E-state index in [1.165, 1.54) is 13.2 Å². The third kappa shape index (κ3) is 1.92. The summed E-state index contributed by atoms with van der Waals surface area (Å²) in [5.41, 5.74) is 0.241. The summed E-state index contributed by atoms with van der Waals surface area (Å²) in [6, 6.07) is 0. The monoisotopic (exact) mass is 430 g/mol. The van der Waals surface area contributed by atoms with Crippen LogP contribution in [-0.2, 0) is 38.1 Å². The lowest BCUT2D eigenvalue weighted by Gasteiger charge is -2.63. The highest BCUT2D eigenvalue weighted by atomic mass is 16.6. The van der Waals surface area contributed by atoms with Crippen LogP contribution in [0.4, 0.5) is 0 Å². The van der Waals surface area contributed by atoms with Gasteiger partial charge < -0.3 is 28.8 Å². The Morgan fingerprint density at radius 2 is 1.84 bits per heavy atom. The highest BCUT2D eigenvalue weighted by molar-refractivity contribution is 6.06. The van der Waals surface area contributed by atoms with Crippen LogP contribution in [0.25, 0.3) is 0 Å². The van der Waals surface area contributed by atoms with Crippen molar-refractivity contribution in [3.8, 4) is 0 Å². The smallest absolute Gasteiger partial charge is 0.303 e. The molecule has 0 aromatic rings. The molecular formula is C22H22O9. The highest BCUT2D eigenvalue weighted by Crippen LogP contribution is 2.68. The number of Topliss-reactive ketones (excluding diaryl/α,β-unsaturated/α-hetero) is 2. The molecule has 31 heavy (non-hydrogen) atoms. The van der Waals surface area contributed by atoms with E-state index in [2.05, 4.69) is 0 Å². The number of carbonyl (C=O) groups excluding carboxylic acids is 3. The minimum atomic E-state index is -1.23. The molecule has 1 N–H and O–H groups in total. The molecule has 8 rings (SSSR count). The molecule has 3 aliphatic carbocycles. The number of rotatable bonds is 1. The lowest BCUT2D eigenvalue weighted by Crippen LogP contribution is -2.72. The molecule has 1 unspecified atom stereocenters. The third-order valence-corrected chi connectivity index (χ3v) is 8.27. The van der Waals surface area contributed by atoms with Gasteiger partial charge in [-0.3, -0.25) is 14.4 Å². The number of aliphatic hydroxyl groups is 1. The number of aliphatic hydroxyl groups excluding tert-OH is 1. The molecule has 5 heterocycles. The number of ether oxygens (including phenoxy) is 5. The lowest BCUT2D eigenvalue weighted by molar-refractivity contribution is -0.211. The summed E-state index contributed by atoms with van der Waals surface area (Å²) in [5.74, 6) is -1.64. The van der Waals surface area contributed by atoms with E-state index >= 15 is 0 Å². The second-order valence-corrected chi connectivity index (χ2v) is 9.67. The Morgan fingerprint density at radius 1 is 1.10 bits per heavy atom.